The summed E-state index contributed by atoms with van der Waals surface area (Å²) in [6, 6.07) is 16.6. The molecule has 0 saturated heterocycles. The first kappa shape index (κ1) is 21.6. The Labute approximate surface area is 180 Å². The van der Waals surface area contributed by atoms with Gasteiger partial charge in [0.15, 0.2) is 0 Å². The van der Waals surface area contributed by atoms with Crippen molar-refractivity contribution in [2.75, 3.05) is 11.9 Å². The molecule has 0 bridgehead atoms. The third kappa shape index (κ3) is 4.89. The predicted octanol–water partition coefficient (Wildman–Crippen LogP) is 5.94. The summed E-state index contributed by atoms with van der Waals surface area (Å²) in [5, 5.41) is 3.38. The average Bonchev–Trinajstić information content (AvgIpc) is 3.04. The molecule has 1 aromatic heterocycles. The van der Waals surface area contributed by atoms with Gasteiger partial charge in [0.05, 0.1) is 12.7 Å². The zero-order chi connectivity index (χ0) is 21.7. The maximum atomic E-state index is 12.8. The number of thiophene rings is 1. The highest BCUT2D eigenvalue weighted by Gasteiger charge is 2.25. The number of esters is 1. The second kappa shape index (κ2) is 9.59. The third-order valence-corrected chi connectivity index (χ3v) is 5.36. The number of aryl methyl sites for hydroxylation is 1. The summed E-state index contributed by atoms with van der Waals surface area (Å²) in [5.74, 6) is -0.0405. The Kier molecular flexibility index (Phi) is 6.90. The van der Waals surface area contributed by atoms with E-state index in [2.05, 4.69) is 5.32 Å². The van der Waals surface area contributed by atoms with E-state index in [1.54, 1.807) is 31.2 Å². The number of nitrogens with one attached hydrogen (secondary N) is 1. The van der Waals surface area contributed by atoms with Crippen LogP contribution in [0.25, 0.3) is 11.1 Å². The second-order valence-corrected chi connectivity index (χ2v) is 8.19. The highest BCUT2D eigenvalue weighted by Crippen LogP contribution is 2.40. The highest BCUT2D eigenvalue weighted by atomic mass is 32.1. The van der Waals surface area contributed by atoms with Gasteiger partial charge >= 0.3 is 5.97 Å². The Morgan fingerprint density at radius 3 is 2.30 bits per heavy atom. The number of hydrogen-bond acceptors (Lipinski definition) is 5. The number of anilines is 1. The zero-order valence-electron chi connectivity index (χ0n) is 17.5. The minimum absolute atomic E-state index is 0.0577. The molecule has 0 radical (unpaired) electrons. The van der Waals surface area contributed by atoms with E-state index in [4.69, 9.17) is 9.47 Å². The number of carbonyl (C=O) groups excluding carboxylic acids is 2. The Balaban J connectivity index is 1.93. The van der Waals surface area contributed by atoms with Crippen molar-refractivity contribution in [3.8, 4) is 16.9 Å². The van der Waals surface area contributed by atoms with Gasteiger partial charge in [-0.2, -0.15) is 0 Å². The molecule has 0 atom stereocenters. The van der Waals surface area contributed by atoms with E-state index in [0.717, 1.165) is 16.0 Å². The van der Waals surface area contributed by atoms with E-state index in [9.17, 15) is 9.59 Å². The van der Waals surface area contributed by atoms with Crippen molar-refractivity contribution in [3.05, 3.63) is 70.6 Å². The van der Waals surface area contributed by atoms with Crippen LogP contribution in [0.1, 0.15) is 46.4 Å². The maximum absolute atomic E-state index is 12.8. The lowest BCUT2D eigenvalue weighted by atomic mass is 10.0. The first-order valence-corrected chi connectivity index (χ1v) is 10.7. The lowest BCUT2D eigenvalue weighted by Crippen LogP contribution is -2.15. The monoisotopic (exact) mass is 423 g/mol. The van der Waals surface area contributed by atoms with Crippen LogP contribution in [0.4, 0.5) is 5.00 Å². The van der Waals surface area contributed by atoms with Crippen molar-refractivity contribution in [1.29, 1.82) is 0 Å². The van der Waals surface area contributed by atoms with Crippen LogP contribution in [-0.2, 0) is 4.74 Å². The SMILES string of the molecule is CCOC(=O)c1c(NC(=O)c2ccc(OC(C)C)cc2)sc(C)c1-c1ccccc1. The van der Waals surface area contributed by atoms with Crippen LogP contribution in [0.15, 0.2) is 54.6 Å². The molecule has 0 saturated carbocycles. The van der Waals surface area contributed by atoms with Gasteiger partial charge in [0.1, 0.15) is 16.3 Å². The fourth-order valence-corrected chi connectivity index (χ4v) is 4.17. The molecular formula is C24H25NO4S. The fraction of sp³-hybridized carbons (Fsp3) is 0.250. The zero-order valence-corrected chi connectivity index (χ0v) is 18.3. The van der Waals surface area contributed by atoms with Crippen LogP contribution in [0.5, 0.6) is 5.75 Å². The van der Waals surface area contributed by atoms with Crippen LogP contribution >= 0.6 is 11.3 Å². The molecule has 30 heavy (non-hydrogen) atoms. The number of ether oxygens (including phenoxy) is 2. The molecule has 0 unspecified atom stereocenters. The molecule has 0 spiro atoms. The van der Waals surface area contributed by atoms with Crippen LogP contribution in [0.3, 0.4) is 0 Å². The van der Waals surface area contributed by atoms with E-state index < -0.39 is 5.97 Å². The highest BCUT2D eigenvalue weighted by molar-refractivity contribution is 7.17. The third-order valence-electron chi connectivity index (χ3n) is 4.34. The summed E-state index contributed by atoms with van der Waals surface area (Å²) in [6.45, 7) is 7.84. The summed E-state index contributed by atoms with van der Waals surface area (Å²) in [7, 11) is 0. The first-order chi connectivity index (χ1) is 14.4. The number of carbonyl (C=O) groups is 2. The maximum Gasteiger partial charge on any atom is 0.341 e. The topological polar surface area (TPSA) is 64.6 Å². The van der Waals surface area contributed by atoms with Gasteiger partial charge in [-0.1, -0.05) is 30.3 Å². The van der Waals surface area contributed by atoms with E-state index >= 15 is 0 Å². The van der Waals surface area contributed by atoms with Crippen LogP contribution in [0.2, 0.25) is 0 Å². The molecule has 0 aliphatic heterocycles. The molecule has 156 valence electrons. The van der Waals surface area contributed by atoms with Gasteiger partial charge in [0, 0.05) is 16.0 Å². The molecule has 1 amide bonds. The molecule has 6 heteroatoms. The standard InChI is InChI=1S/C24H25NO4S/c1-5-28-24(27)21-20(17-9-7-6-8-10-17)16(4)30-23(21)25-22(26)18-11-13-19(14-12-18)29-15(2)3/h6-15H,5H2,1-4H3,(H,25,26). The van der Waals surface area contributed by atoms with E-state index in [0.29, 0.717) is 21.9 Å². The summed E-state index contributed by atoms with van der Waals surface area (Å²) in [5.41, 5.74) is 2.56. The summed E-state index contributed by atoms with van der Waals surface area (Å²) in [6.07, 6.45) is 0.0577. The fourth-order valence-electron chi connectivity index (χ4n) is 3.12. The number of amides is 1. The molecule has 0 aliphatic rings. The van der Waals surface area contributed by atoms with Gasteiger partial charge in [0.2, 0.25) is 0 Å². The Hall–Kier alpha value is -3.12. The van der Waals surface area contributed by atoms with Crippen molar-refractivity contribution in [2.24, 2.45) is 0 Å². The molecule has 3 rings (SSSR count). The van der Waals surface area contributed by atoms with Gasteiger partial charge in [0.25, 0.3) is 5.91 Å². The van der Waals surface area contributed by atoms with Crippen molar-refractivity contribution in [2.45, 2.75) is 33.8 Å². The molecular weight excluding hydrogens is 398 g/mol. The van der Waals surface area contributed by atoms with Gasteiger partial charge < -0.3 is 14.8 Å². The van der Waals surface area contributed by atoms with Crippen LogP contribution < -0.4 is 10.1 Å². The smallest absolute Gasteiger partial charge is 0.341 e. The van der Waals surface area contributed by atoms with Crippen LogP contribution in [0, 0.1) is 6.92 Å². The van der Waals surface area contributed by atoms with Gasteiger partial charge in [-0.05, 0) is 57.5 Å². The van der Waals surface area contributed by atoms with Crippen LogP contribution in [-0.4, -0.2) is 24.6 Å². The minimum atomic E-state index is -0.448. The molecule has 2 aromatic carbocycles. The number of hydrogen-bond donors (Lipinski definition) is 1. The Morgan fingerprint density at radius 1 is 1.03 bits per heavy atom. The summed E-state index contributed by atoms with van der Waals surface area (Å²) < 4.78 is 10.9. The average molecular weight is 424 g/mol. The molecule has 0 aliphatic carbocycles. The molecule has 1 heterocycles. The van der Waals surface area contributed by atoms with Gasteiger partial charge in [-0.25, -0.2) is 4.79 Å². The Bertz CT molecular complexity index is 1020. The molecule has 5 nitrogen and oxygen atoms in total. The summed E-state index contributed by atoms with van der Waals surface area (Å²) in [4.78, 5) is 26.5. The minimum Gasteiger partial charge on any atom is -0.491 e. The van der Waals surface area contributed by atoms with E-state index in [-0.39, 0.29) is 18.6 Å². The van der Waals surface area contributed by atoms with E-state index in [1.165, 1.54) is 11.3 Å². The lowest BCUT2D eigenvalue weighted by molar-refractivity contribution is 0.0529. The molecule has 3 aromatic rings. The lowest BCUT2D eigenvalue weighted by Gasteiger charge is -2.11. The first-order valence-electron chi connectivity index (χ1n) is 9.84. The molecule has 0 fully saturated rings. The van der Waals surface area contributed by atoms with Crippen molar-refractivity contribution >= 4 is 28.2 Å². The van der Waals surface area contributed by atoms with Crippen molar-refractivity contribution < 1.29 is 19.1 Å². The van der Waals surface area contributed by atoms with Gasteiger partial charge in [-0.3, -0.25) is 4.79 Å². The van der Waals surface area contributed by atoms with Crippen molar-refractivity contribution in [1.82, 2.24) is 0 Å². The number of rotatable bonds is 7. The summed E-state index contributed by atoms with van der Waals surface area (Å²) >= 11 is 1.37. The quantitative estimate of drug-likeness (QED) is 0.478. The molecule has 1 N–H and O–H groups in total. The van der Waals surface area contributed by atoms with E-state index in [1.807, 2.05) is 51.1 Å². The van der Waals surface area contributed by atoms with Gasteiger partial charge in [-0.15, -0.1) is 11.3 Å². The normalized spacial score (nSPS) is 10.7. The number of benzene rings is 2. The van der Waals surface area contributed by atoms with Crippen molar-refractivity contribution in [3.63, 3.8) is 0 Å². The predicted molar refractivity (Wildman–Crippen MR) is 121 cm³/mol. The Morgan fingerprint density at radius 2 is 1.70 bits per heavy atom. The second-order valence-electron chi connectivity index (χ2n) is 6.97. The largest absolute Gasteiger partial charge is 0.491 e.